The van der Waals surface area contributed by atoms with Gasteiger partial charge in [0.1, 0.15) is 0 Å². The van der Waals surface area contributed by atoms with Gasteiger partial charge in [-0.1, -0.05) is 31.1 Å². The van der Waals surface area contributed by atoms with Gasteiger partial charge in [-0.25, -0.2) is 0 Å². The number of hydrogen-bond acceptors (Lipinski definition) is 4. The Kier molecular flexibility index (Phi) is 7.62. The molecule has 1 amide bonds. The van der Waals surface area contributed by atoms with E-state index in [1.165, 1.54) is 0 Å². The van der Waals surface area contributed by atoms with Crippen molar-refractivity contribution in [3.8, 4) is 0 Å². The molecular weight excluding hydrogens is 314 g/mol. The maximum atomic E-state index is 12.0. The average Bonchev–Trinajstić information content (AvgIpc) is 3.00. The number of rotatable bonds is 7. The Morgan fingerprint density at radius 1 is 1.26 bits per heavy atom. The Labute approximate surface area is 143 Å². The molecule has 0 unspecified atom stereocenters. The highest BCUT2D eigenvalue weighted by Crippen LogP contribution is 2.22. The second-order valence-electron chi connectivity index (χ2n) is 5.38. The smallest absolute Gasteiger partial charge is 0.289 e. The van der Waals surface area contributed by atoms with E-state index in [2.05, 4.69) is 24.3 Å². The van der Waals surface area contributed by atoms with Crippen LogP contribution >= 0.6 is 12.4 Å². The molecule has 0 bridgehead atoms. The van der Waals surface area contributed by atoms with E-state index in [-0.39, 0.29) is 24.1 Å². The van der Waals surface area contributed by atoms with Crippen LogP contribution in [0, 0.1) is 0 Å². The first-order valence-corrected chi connectivity index (χ1v) is 7.73. The summed E-state index contributed by atoms with van der Waals surface area (Å²) in [7, 11) is 0. The molecule has 23 heavy (non-hydrogen) atoms. The normalized spacial score (nSPS) is 10.4. The first-order chi connectivity index (χ1) is 10.6. The number of hydrogen-bond donors (Lipinski definition) is 2. The van der Waals surface area contributed by atoms with Gasteiger partial charge in [0.2, 0.25) is 5.76 Å². The zero-order valence-corrected chi connectivity index (χ0v) is 14.4. The maximum absolute atomic E-state index is 12.0. The molecule has 0 spiro atoms. The first kappa shape index (κ1) is 19.0. The molecule has 0 saturated heterocycles. The van der Waals surface area contributed by atoms with Crippen molar-refractivity contribution in [1.82, 2.24) is 10.5 Å². The third kappa shape index (κ3) is 5.28. The molecule has 0 aliphatic carbocycles. The van der Waals surface area contributed by atoms with Crippen LogP contribution in [0.2, 0.25) is 0 Å². The van der Waals surface area contributed by atoms with E-state index in [0.717, 1.165) is 36.2 Å². The summed E-state index contributed by atoms with van der Waals surface area (Å²) in [6.45, 7) is 4.76. The molecule has 6 heteroatoms. The summed E-state index contributed by atoms with van der Waals surface area (Å²) < 4.78 is 5.15. The quantitative estimate of drug-likeness (QED) is 0.757. The minimum Gasteiger partial charge on any atom is -0.399 e. The van der Waals surface area contributed by atoms with Gasteiger partial charge in [0, 0.05) is 24.2 Å². The van der Waals surface area contributed by atoms with Crippen molar-refractivity contribution < 1.29 is 9.32 Å². The number of nitrogens with one attached hydrogen (secondary N) is 1. The van der Waals surface area contributed by atoms with Gasteiger partial charge in [-0.3, -0.25) is 4.79 Å². The number of halogens is 1. The third-order valence-corrected chi connectivity index (χ3v) is 3.83. The predicted molar refractivity (Wildman–Crippen MR) is 94.0 cm³/mol. The van der Waals surface area contributed by atoms with Crippen LogP contribution in [-0.4, -0.2) is 17.6 Å². The van der Waals surface area contributed by atoms with Crippen LogP contribution in [0.25, 0.3) is 0 Å². The van der Waals surface area contributed by atoms with Gasteiger partial charge in [0.15, 0.2) is 0 Å². The van der Waals surface area contributed by atoms with Crippen LogP contribution in [0.3, 0.4) is 0 Å². The van der Waals surface area contributed by atoms with Crippen molar-refractivity contribution in [1.29, 1.82) is 0 Å². The third-order valence-electron chi connectivity index (χ3n) is 3.83. The summed E-state index contributed by atoms with van der Waals surface area (Å²) >= 11 is 0. The monoisotopic (exact) mass is 337 g/mol. The molecule has 5 nitrogen and oxygen atoms in total. The highest BCUT2D eigenvalue weighted by molar-refractivity contribution is 5.91. The van der Waals surface area contributed by atoms with E-state index in [1.807, 2.05) is 24.3 Å². The molecule has 1 aromatic heterocycles. The van der Waals surface area contributed by atoms with Crippen molar-refractivity contribution in [2.75, 3.05) is 12.3 Å². The number of amides is 1. The van der Waals surface area contributed by atoms with Crippen LogP contribution in [0.5, 0.6) is 0 Å². The lowest BCUT2D eigenvalue weighted by molar-refractivity contribution is 0.0917. The molecule has 3 N–H and O–H groups in total. The molecule has 0 aliphatic heterocycles. The van der Waals surface area contributed by atoms with Crippen molar-refractivity contribution >= 4 is 24.0 Å². The first-order valence-electron chi connectivity index (χ1n) is 7.73. The zero-order chi connectivity index (χ0) is 15.9. The van der Waals surface area contributed by atoms with Crippen LogP contribution in [0.1, 0.15) is 54.4 Å². The van der Waals surface area contributed by atoms with Gasteiger partial charge in [-0.2, -0.15) is 0 Å². The number of carbonyl (C=O) groups is 1. The lowest BCUT2D eigenvalue weighted by Gasteiger charge is -2.06. The van der Waals surface area contributed by atoms with Crippen molar-refractivity contribution in [2.45, 2.75) is 39.0 Å². The van der Waals surface area contributed by atoms with Crippen LogP contribution in [0.15, 0.2) is 34.9 Å². The summed E-state index contributed by atoms with van der Waals surface area (Å²) in [4.78, 5) is 12.0. The summed E-state index contributed by atoms with van der Waals surface area (Å²) in [6, 6.07) is 9.38. The fourth-order valence-corrected chi connectivity index (χ4v) is 2.39. The second kappa shape index (κ2) is 9.20. The standard InChI is InChI=1S/C17H23N3O2.ClH/c1-3-13(4-2)15-11-16(22-20-15)17(21)19-10-9-12-5-7-14(18)8-6-12;/h5-8,11,13H,3-4,9-10,18H2,1-2H3,(H,19,21);1H. The van der Waals surface area contributed by atoms with E-state index in [9.17, 15) is 4.79 Å². The number of nitrogen functional groups attached to an aromatic ring is 1. The van der Waals surface area contributed by atoms with Crippen LogP contribution in [0.4, 0.5) is 5.69 Å². The summed E-state index contributed by atoms with van der Waals surface area (Å²) in [5.41, 5.74) is 8.36. The van der Waals surface area contributed by atoms with Crippen molar-refractivity contribution in [3.05, 3.63) is 47.3 Å². The van der Waals surface area contributed by atoms with E-state index < -0.39 is 0 Å². The predicted octanol–water partition coefficient (Wildman–Crippen LogP) is 3.55. The van der Waals surface area contributed by atoms with E-state index in [0.29, 0.717) is 12.5 Å². The maximum Gasteiger partial charge on any atom is 0.289 e. The minimum atomic E-state index is -0.222. The fraction of sp³-hybridized carbons (Fsp3) is 0.412. The van der Waals surface area contributed by atoms with E-state index >= 15 is 0 Å². The number of anilines is 1. The minimum absolute atomic E-state index is 0. The highest BCUT2D eigenvalue weighted by Gasteiger charge is 2.17. The lowest BCUT2D eigenvalue weighted by atomic mass is 9.99. The number of aromatic nitrogens is 1. The fourth-order valence-electron chi connectivity index (χ4n) is 2.39. The number of benzene rings is 1. The summed E-state index contributed by atoms with van der Waals surface area (Å²) in [5.74, 6) is 0.402. The van der Waals surface area contributed by atoms with Crippen molar-refractivity contribution in [2.24, 2.45) is 0 Å². The van der Waals surface area contributed by atoms with Crippen LogP contribution < -0.4 is 11.1 Å². The Morgan fingerprint density at radius 3 is 2.52 bits per heavy atom. The van der Waals surface area contributed by atoms with Gasteiger partial charge >= 0.3 is 0 Å². The SMILES string of the molecule is CCC(CC)c1cc(C(=O)NCCc2ccc(N)cc2)on1.Cl. The van der Waals surface area contributed by atoms with E-state index in [1.54, 1.807) is 6.07 Å². The molecular formula is C17H24ClN3O2. The van der Waals surface area contributed by atoms with Crippen LogP contribution in [-0.2, 0) is 6.42 Å². The number of carbonyl (C=O) groups excluding carboxylic acids is 1. The molecule has 126 valence electrons. The Bertz CT molecular complexity index is 607. The zero-order valence-electron chi connectivity index (χ0n) is 13.5. The molecule has 0 saturated carbocycles. The number of nitrogens with zero attached hydrogens (tertiary/aromatic N) is 1. The van der Waals surface area contributed by atoms with Gasteiger partial charge in [0.25, 0.3) is 5.91 Å². The molecule has 0 radical (unpaired) electrons. The lowest BCUT2D eigenvalue weighted by Crippen LogP contribution is -2.25. The second-order valence-corrected chi connectivity index (χ2v) is 5.38. The molecule has 0 atom stereocenters. The van der Waals surface area contributed by atoms with Gasteiger partial charge < -0.3 is 15.6 Å². The Morgan fingerprint density at radius 2 is 1.91 bits per heavy atom. The number of nitrogens with two attached hydrogens (primary N) is 1. The molecule has 1 heterocycles. The molecule has 0 fully saturated rings. The summed E-state index contributed by atoms with van der Waals surface area (Å²) in [5, 5.41) is 6.85. The molecule has 2 aromatic rings. The Balaban J connectivity index is 0.00000264. The molecule has 0 aliphatic rings. The van der Waals surface area contributed by atoms with Gasteiger partial charge in [-0.05, 0) is 37.0 Å². The van der Waals surface area contributed by atoms with E-state index in [4.69, 9.17) is 10.3 Å². The van der Waals surface area contributed by atoms with Gasteiger partial charge in [0.05, 0.1) is 5.69 Å². The highest BCUT2D eigenvalue weighted by atomic mass is 35.5. The molecule has 2 rings (SSSR count). The van der Waals surface area contributed by atoms with Crippen molar-refractivity contribution in [3.63, 3.8) is 0 Å². The average molecular weight is 338 g/mol. The Hall–Kier alpha value is -2.01. The largest absolute Gasteiger partial charge is 0.399 e. The summed E-state index contributed by atoms with van der Waals surface area (Å²) in [6.07, 6.45) is 2.72. The van der Waals surface area contributed by atoms with Gasteiger partial charge in [-0.15, -0.1) is 12.4 Å². The topological polar surface area (TPSA) is 81.2 Å². The molecule has 1 aromatic carbocycles.